The molecule has 0 bridgehead atoms. The average molecular weight is 232 g/mol. The van der Waals surface area contributed by atoms with E-state index in [1.54, 1.807) is 10.7 Å². The maximum atomic E-state index is 10.1. The van der Waals surface area contributed by atoms with Crippen LogP contribution in [-0.2, 0) is 0 Å². The molecular formula is C12H16N4O. The molecule has 5 nitrogen and oxygen atoms in total. The number of nitrogens with zero attached hydrogens (tertiary/aromatic N) is 4. The molecule has 5 heteroatoms. The number of piperidine rings is 1. The molecule has 0 saturated carbocycles. The van der Waals surface area contributed by atoms with Gasteiger partial charge in [0.1, 0.15) is 5.82 Å². The van der Waals surface area contributed by atoms with Gasteiger partial charge in [0.15, 0.2) is 5.65 Å². The first-order chi connectivity index (χ1) is 8.14. The summed E-state index contributed by atoms with van der Waals surface area (Å²) >= 11 is 0. The van der Waals surface area contributed by atoms with Crippen molar-refractivity contribution in [3.8, 4) is 0 Å². The first-order valence-electron chi connectivity index (χ1n) is 5.92. The van der Waals surface area contributed by atoms with Gasteiger partial charge in [0, 0.05) is 25.4 Å². The van der Waals surface area contributed by atoms with Crippen LogP contribution in [0.2, 0.25) is 0 Å². The van der Waals surface area contributed by atoms with Gasteiger partial charge in [-0.3, -0.25) is 0 Å². The van der Waals surface area contributed by atoms with E-state index in [2.05, 4.69) is 15.0 Å². The quantitative estimate of drug-likeness (QED) is 0.799. The fourth-order valence-corrected chi connectivity index (χ4v) is 2.39. The lowest BCUT2D eigenvalue weighted by molar-refractivity contribution is 0.0447. The number of hydrogen-bond donors (Lipinski definition) is 1. The average Bonchev–Trinajstić information content (AvgIpc) is 2.74. The van der Waals surface area contributed by atoms with Crippen LogP contribution < -0.4 is 4.90 Å². The van der Waals surface area contributed by atoms with E-state index in [4.69, 9.17) is 0 Å². The number of anilines is 1. The summed E-state index contributed by atoms with van der Waals surface area (Å²) in [6.45, 7) is 3.48. The molecular weight excluding hydrogens is 216 g/mol. The molecule has 3 rings (SSSR count). The molecule has 90 valence electrons. The third-order valence-corrected chi connectivity index (χ3v) is 3.24. The lowest BCUT2D eigenvalue weighted by Gasteiger charge is -2.37. The molecule has 1 atom stereocenters. The molecule has 1 aliphatic rings. The highest BCUT2D eigenvalue weighted by molar-refractivity contribution is 5.47. The van der Waals surface area contributed by atoms with Crippen LogP contribution in [-0.4, -0.2) is 38.4 Å². The highest BCUT2D eigenvalue weighted by atomic mass is 16.3. The van der Waals surface area contributed by atoms with E-state index in [-0.39, 0.29) is 0 Å². The minimum absolute atomic E-state index is 0.605. The van der Waals surface area contributed by atoms with Crippen molar-refractivity contribution in [2.75, 3.05) is 18.0 Å². The third kappa shape index (κ3) is 1.98. The number of β-amino-alcohol motifs (C(OH)–C–C–N with tert-alkyl or cyclic N) is 1. The van der Waals surface area contributed by atoms with Crippen molar-refractivity contribution in [1.82, 2.24) is 14.6 Å². The van der Waals surface area contributed by atoms with Crippen molar-refractivity contribution >= 4 is 11.5 Å². The van der Waals surface area contributed by atoms with Crippen LogP contribution >= 0.6 is 0 Å². The maximum Gasteiger partial charge on any atom is 0.157 e. The van der Waals surface area contributed by atoms with Gasteiger partial charge in [0.2, 0.25) is 0 Å². The van der Waals surface area contributed by atoms with Crippen LogP contribution in [0.3, 0.4) is 0 Å². The Kier molecular flexibility index (Phi) is 2.29. The lowest BCUT2D eigenvalue weighted by Crippen LogP contribution is -2.46. The standard InChI is InChI=1S/C12H16N4O/c1-12(17)5-2-7-15(9-12)10-4-8-16-11(14-10)3-6-13-16/h3-4,6,8,17H,2,5,7,9H2,1H3. The van der Waals surface area contributed by atoms with Crippen molar-refractivity contribution in [1.29, 1.82) is 0 Å². The van der Waals surface area contributed by atoms with E-state index in [1.165, 1.54) is 0 Å². The van der Waals surface area contributed by atoms with Gasteiger partial charge in [0.05, 0.1) is 11.8 Å². The Morgan fingerprint density at radius 1 is 1.41 bits per heavy atom. The summed E-state index contributed by atoms with van der Waals surface area (Å²) in [4.78, 5) is 6.68. The second-order valence-electron chi connectivity index (χ2n) is 4.94. The minimum atomic E-state index is -0.605. The fraction of sp³-hybridized carbons (Fsp3) is 0.500. The minimum Gasteiger partial charge on any atom is -0.388 e. The molecule has 2 aromatic heterocycles. The van der Waals surface area contributed by atoms with Gasteiger partial charge in [-0.15, -0.1) is 0 Å². The van der Waals surface area contributed by atoms with E-state index >= 15 is 0 Å². The molecule has 0 amide bonds. The monoisotopic (exact) mass is 232 g/mol. The molecule has 0 aromatic carbocycles. The highest BCUT2D eigenvalue weighted by Crippen LogP contribution is 2.24. The first-order valence-corrected chi connectivity index (χ1v) is 5.92. The fourth-order valence-electron chi connectivity index (χ4n) is 2.39. The Balaban J connectivity index is 1.92. The summed E-state index contributed by atoms with van der Waals surface area (Å²) in [7, 11) is 0. The topological polar surface area (TPSA) is 53.7 Å². The van der Waals surface area contributed by atoms with Crippen molar-refractivity contribution in [2.45, 2.75) is 25.4 Å². The van der Waals surface area contributed by atoms with Gasteiger partial charge in [0.25, 0.3) is 0 Å². The van der Waals surface area contributed by atoms with Crippen molar-refractivity contribution < 1.29 is 5.11 Å². The molecule has 17 heavy (non-hydrogen) atoms. The molecule has 0 aliphatic carbocycles. The molecule has 3 heterocycles. The van der Waals surface area contributed by atoms with Gasteiger partial charge in [-0.05, 0) is 25.8 Å². The van der Waals surface area contributed by atoms with Crippen LogP contribution in [0.25, 0.3) is 5.65 Å². The maximum absolute atomic E-state index is 10.1. The number of hydrogen-bond acceptors (Lipinski definition) is 4. The molecule has 1 aliphatic heterocycles. The largest absolute Gasteiger partial charge is 0.388 e. The smallest absolute Gasteiger partial charge is 0.157 e. The summed E-state index contributed by atoms with van der Waals surface area (Å²) in [5.74, 6) is 0.915. The van der Waals surface area contributed by atoms with Gasteiger partial charge < -0.3 is 10.0 Å². The Hall–Kier alpha value is -1.62. The molecule has 0 spiro atoms. The molecule has 1 N–H and O–H groups in total. The Bertz CT molecular complexity index is 534. The second kappa shape index (κ2) is 3.70. The van der Waals surface area contributed by atoms with Gasteiger partial charge in [-0.1, -0.05) is 0 Å². The van der Waals surface area contributed by atoms with Crippen molar-refractivity contribution in [3.63, 3.8) is 0 Å². The zero-order chi connectivity index (χ0) is 11.9. The summed E-state index contributed by atoms with van der Waals surface area (Å²) in [5, 5.41) is 14.2. The highest BCUT2D eigenvalue weighted by Gasteiger charge is 2.29. The Morgan fingerprint density at radius 2 is 2.29 bits per heavy atom. The van der Waals surface area contributed by atoms with E-state index < -0.39 is 5.60 Å². The Morgan fingerprint density at radius 3 is 3.12 bits per heavy atom. The van der Waals surface area contributed by atoms with E-state index in [9.17, 15) is 5.11 Å². The van der Waals surface area contributed by atoms with Gasteiger partial charge in [-0.2, -0.15) is 5.10 Å². The number of aromatic nitrogens is 3. The van der Waals surface area contributed by atoms with Crippen LogP contribution in [0.4, 0.5) is 5.82 Å². The van der Waals surface area contributed by atoms with Crippen molar-refractivity contribution in [2.24, 2.45) is 0 Å². The predicted molar refractivity (Wildman–Crippen MR) is 65.1 cm³/mol. The van der Waals surface area contributed by atoms with Crippen LogP contribution in [0, 0.1) is 0 Å². The second-order valence-corrected chi connectivity index (χ2v) is 4.94. The number of rotatable bonds is 1. The molecule has 0 radical (unpaired) electrons. The number of fused-ring (bicyclic) bond motifs is 1. The van der Waals surface area contributed by atoms with E-state index in [0.29, 0.717) is 6.54 Å². The lowest BCUT2D eigenvalue weighted by atomic mass is 9.95. The van der Waals surface area contributed by atoms with Crippen LogP contribution in [0.15, 0.2) is 24.5 Å². The normalized spacial score (nSPS) is 25.4. The summed E-state index contributed by atoms with van der Waals surface area (Å²) in [5.41, 5.74) is 0.236. The molecule has 1 unspecified atom stereocenters. The van der Waals surface area contributed by atoms with Crippen molar-refractivity contribution in [3.05, 3.63) is 24.5 Å². The first kappa shape index (κ1) is 10.5. The Labute approximate surface area is 99.7 Å². The summed E-state index contributed by atoms with van der Waals surface area (Å²) in [6.07, 6.45) is 5.50. The molecule has 1 saturated heterocycles. The third-order valence-electron chi connectivity index (χ3n) is 3.24. The van der Waals surface area contributed by atoms with Gasteiger partial charge in [-0.25, -0.2) is 9.50 Å². The van der Waals surface area contributed by atoms with E-state index in [1.807, 2.05) is 25.3 Å². The van der Waals surface area contributed by atoms with Gasteiger partial charge >= 0.3 is 0 Å². The van der Waals surface area contributed by atoms with Crippen LogP contribution in [0.5, 0.6) is 0 Å². The molecule has 1 fully saturated rings. The zero-order valence-electron chi connectivity index (χ0n) is 9.87. The molecule has 2 aromatic rings. The zero-order valence-corrected chi connectivity index (χ0v) is 9.87. The SMILES string of the molecule is CC1(O)CCCN(c2ccn3nccc3n2)C1. The van der Waals surface area contributed by atoms with Crippen LogP contribution in [0.1, 0.15) is 19.8 Å². The predicted octanol–water partition coefficient (Wildman–Crippen LogP) is 1.08. The summed E-state index contributed by atoms with van der Waals surface area (Å²) < 4.78 is 1.74. The summed E-state index contributed by atoms with van der Waals surface area (Å²) in [6, 6.07) is 3.83. The number of aliphatic hydroxyl groups is 1. The van der Waals surface area contributed by atoms with E-state index in [0.717, 1.165) is 30.9 Å².